The summed E-state index contributed by atoms with van der Waals surface area (Å²) in [6.45, 7) is 5.80. The highest BCUT2D eigenvalue weighted by molar-refractivity contribution is 5.99. The first-order valence-electron chi connectivity index (χ1n) is 14.4. The highest BCUT2D eigenvalue weighted by Gasteiger charge is 2.31. The zero-order valence-electron chi connectivity index (χ0n) is 23.8. The third-order valence-corrected chi connectivity index (χ3v) is 8.16. The van der Waals surface area contributed by atoms with Crippen LogP contribution >= 0.6 is 0 Å². The van der Waals surface area contributed by atoms with Crippen LogP contribution in [0.5, 0.6) is 0 Å². The predicted octanol–water partition coefficient (Wildman–Crippen LogP) is 3.90. The SMILES string of the molecule is Cc1nc2cccc(NCc3ccc(CN4CCN(c5ccc(F)cc5F)CC4)cc3)c2c(=O)n1C1CCC(=O)NC1=O. The average Bonchev–Trinajstić information content (AvgIpc) is 2.98. The van der Waals surface area contributed by atoms with Crippen molar-refractivity contribution in [3.63, 3.8) is 0 Å². The van der Waals surface area contributed by atoms with Crippen LogP contribution in [0.25, 0.3) is 10.9 Å². The zero-order valence-corrected chi connectivity index (χ0v) is 23.8. The van der Waals surface area contributed by atoms with Crippen molar-refractivity contribution in [3.8, 4) is 0 Å². The first-order chi connectivity index (χ1) is 20.8. The molecule has 0 spiro atoms. The summed E-state index contributed by atoms with van der Waals surface area (Å²) in [5.41, 5.74) is 3.46. The van der Waals surface area contributed by atoms with E-state index in [9.17, 15) is 23.2 Å². The minimum atomic E-state index is -0.783. The molecular formula is C32H32F2N6O3. The Morgan fingerprint density at radius 2 is 1.70 bits per heavy atom. The number of nitrogens with zero attached hydrogens (tertiary/aromatic N) is 4. The van der Waals surface area contributed by atoms with Gasteiger partial charge in [0, 0.05) is 57.4 Å². The van der Waals surface area contributed by atoms with Gasteiger partial charge in [0.1, 0.15) is 23.5 Å². The molecule has 2 aliphatic rings. The number of hydrogen-bond acceptors (Lipinski definition) is 7. The Bertz CT molecular complexity index is 1750. The van der Waals surface area contributed by atoms with Crippen molar-refractivity contribution < 1.29 is 18.4 Å². The number of imide groups is 1. The first kappa shape index (κ1) is 28.5. The summed E-state index contributed by atoms with van der Waals surface area (Å²) >= 11 is 0. The average molecular weight is 587 g/mol. The number of benzene rings is 3. The summed E-state index contributed by atoms with van der Waals surface area (Å²) in [7, 11) is 0. The van der Waals surface area contributed by atoms with Crippen molar-refractivity contribution in [1.29, 1.82) is 0 Å². The van der Waals surface area contributed by atoms with E-state index in [-0.39, 0.29) is 24.3 Å². The predicted molar refractivity (Wildman–Crippen MR) is 160 cm³/mol. The molecule has 6 rings (SSSR count). The minimum absolute atomic E-state index is 0.169. The van der Waals surface area contributed by atoms with Crippen molar-refractivity contribution in [2.75, 3.05) is 36.4 Å². The molecule has 43 heavy (non-hydrogen) atoms. The van der Waals surface area contributed by atoms with Gasteiger partial charge in [-0.05, 0) is 48.7 Å². The molecule has 1 atom stereocenters. The van der Waals surface area contributed by atoms with Crippen LogP contribution in [0.2, 0.25) is 0 Å². The summed E-state index contributed by atoms with van der Waals surface area (Å²) in [4.78, 5) is 46.7. The Morgan fingerprint density at radius 1 is 0.953 bits per heavy atom. The fourth-order valence-corrected chi connectivity index (χ4v) is 5.90. The fourth-order valence-electron chi connectivity index (χ4n) is 5.90. The van der Waals surface area contributed by atoms with E-state index in [1.54, 1.807) is 13.0 Å². The molecular weight excluding hydrogens is 554 g/mol. The number of carbonyl (C=O) groups is 2. The van der Waals surface area contributed by atoms with Crippen LogP contribution in [0, 0.1) is 18.6 Å². The van der Waals surface area contributed by atoms with Crippen LogP contribution in [0.3, 0.4) is 0 Å². The number of nitrogens with one attached hydrogen (secondary N) is 2. The summed E-state index contributed by atoms with van der Waals surface area (Å²) in [6.07, 6.45) is 0.422. The van der Waals surface area contributed by atoms with E-state index in [0.717, 1.165) is 36.8 Å². The van der Waals surface area contributed by atoms with Crippen LogP contribution in [0.15, 0.2) is 65.5 Å². The number of rotatable bonds is 7. The monoisotopic (exact) mass is 586 g/mol. The smallest absolute Gasteiger partial charge is 0.264 e. The van der Waals surface area contributed by atoms with Crippen molar-refractivity contribution in [3.05, 3.63) is 99.6 Å². The second-order valence-electron chi connectivity index (χ2n) is 11.0. The number of halogens is 2. The lowest BCUT2D eigenvalue weighted by Crippen LogP contribution is -2.46. The minimum Gasteiger partial charge on any atom is -0.380 e. The van der Waals surface area contributed by atoms with Gasteiger partial charge in [-0.25, -0.2) is 13.8 Å². The van der Waals surface area contributed by atoms with E-state index in [4.69, 9.17) is 0 Å². The molecule has 4 aromatic rings. The van der Waals surface area contributed by atoms with Crippen LogP contribution in [-0.2, 0) is 22.7 Å². The highest BCUT2D eigenvalue weighted by Crippen LogP contribution is 2.25. The van der Waals surface area contributed by atoms with E-state index in [1.165, 1.54) is 16.7 Å². The molecule has 3 aromatic carbocycles. The lowest BCUT2D eigenvalue weighted by atomic mass is 10.1. The van der Waals surface area contributed by atoms with Gasteiger partial charge in [0.05, 0.1) is 16.6 Å². The maximum atomic E-state index is 14.2. The summed E-state index contributed by atoms with van der Waals surface area (Å²) in [6, 6.07) is 16.6. The van der Waals surface area contributed by atoms with Crippen molar-refractivity contribution in [2.24, 2.45) is 0 Å². The molecule has 1 aromatic heterocycles. The Labute approximate surface area is 247 Å². The van der Waals surface area contributed by atoms with Crippen molar-refractivity contribution in [1.82, 2.24) is 19.8 Å². The van der Waals surface area contributed by atoms with Crippen molar-refractivity contribution in [2.45, 2.75) is 38.9 Å². The first-order valence-corrected chi connectivity index (χ1v) is 14.4. The molecule has 1 unspecified atom stereocenters. The van der Waals surface area contributed by atoms with Crippen LogP contribution in [0.1, 0.15) is 35.8 Å². The van der Waals surface area contributed by atoms with Gasteiger partial charge in [-0.15, -0.1) is 0 Å². The van der Waals surface area contributed by atoms with Crippen LogP contribution in [0.4, 0.5) is 20.2 Å². The molecule has 222 valence electrons. The van der Waals surface area contributed by atoms with Crippen LogP contribution < -0.4 is 21.1 Å². The summed E-state index contributed by atoms with van der Waals surface area (Å²) in [5, 5.41) is 6.08. The van der Waals surface area contributed by atoms with Gasteiger partial charge in [-0.3, -0.25) is 29.2 Å². The molecule has 2 N–H and O–H groups in total. The van der Waals surface area contributed by atoms with E-state index in [1.807, 2.05) is 29.2 Å². The second kappa shape index (κ2) is 11.9. The molecule has 9 nitrogen and oxygen atoms in total. The number of piperazine rings is 1. The number of aryl methyl sites for hydroxylation is 1. The van der Waals surface area contributed by atoms with E-state index in [2.05, 4.69) is 32.7 Å². The number of aromatic nitrogens is 2. The van der Waals surface area contributed by atoms with E-state index >= 15 is 0 Å². The maximum Gasteiger partial charge on any atom is 0.264 e. The normalized spacial score (nSPS) is 17.7. The Kier molecular flexibility index (Phi) is 7.90. The number of amides is 2. The molecule has 0 bridgehead atoms. The number of carbonyl (C=O) groups excluding carboxylic acids is 2. The molecule has 2 saturated heterocycles. The van der Waals surface area contributed by atoms with Gasteiger partial charge in [0.15, 0.2) is 0 Å². The van der Waals surface area contributed by atoms with Crippen LogP contribution in [-0.4, -0.2) is 52.4 Å². The standard InChI is InChI=1S/C32H32F2N6O3/c1-20-36-26-4-2-3-25(30(26)32(43)40(20)28-11-12-29(41)37-31(28)42)35-18-21-5-7-22(8-6-21)19-38-13-15-39(16-14-38)27-10-9-23(33)17-24(27)34/h2-10,17,28,35H,11-16,18-19H2,1H3,(H,37,41,42). The molecule has 11 heteroatoms. The zero-order chi connectivity index (χ0) is 30.1. The lowest BCUT2D eigenvalue weighted by molar-refractivity contribution is -0.135. The lowest BCUT2D eigenvalue weighted by Gasteiger charge is -2.36. The van der Waals surface area contributed by atoms with Crippen molar-refractivity contribution >= 4 is 34.1 Å². The number of anilines is 2. The van der Waals surface area contributed by atoms with Gasteiger partial charge in [0.2, 0.25) is 11.8 Å². The van der Waals surface area contributed by atoms with Gasteiger partial charge in [-0.2, -0.15) is 0 Å². The third-order valence-electron chi connectivity index (χ3n) is 8.16. The Hall–Kier alpha value is -4.64. The van der Waals surface area contributed by atoms with E-state index in [0.29, 0.717) is 47.7 Å². The van der Waals surface area contributed by atoms with Gasteiger partial charge in [0.25, 0.3) is 5.56 Å². The molecule has 3 heterocycles. The van der Waals surface area contributed by atoms with Gasteiger partial charge < -0.3 is 10.2 Å². The number of fused-ring (bicyclic) bond motifs is 1. The molecule has 0 aliphatic carbocycles. The topological polar surface area (TPSA) is 99.6 Å². The Morgan fingerprint density at radius 3 is 2.42 bits per heavy atom. The molecule has 2 aliphatic heterocycles. The molecule has 2 fully saturated rings. The summed E-state index contributed by atoms with van der Waals surface area (Å²) < 4.78 is 28.8. The van der Waals surface area contributed by atoms with Gasteiger partial charge in [-0.1, -0.05) is 30.3 Å². The largest absolute Gasteiger partial charge is 0.380 e. The van der Waals surface area contributed by atoms with Gasteiger partial charge >= 0.3 is 0 Å². The highest BCUT2D eigenvalue weighted by atomic mass is 19.1. The number of piperidine rings is 1. The molecule has 0 radical (unpaired) electrons. The second-order valence-corrected chi connectivity index (χ2v) is 11.0. The maximum absolute atomic E-state index is 14.2. The molecule has 0 saturated carbocycles. The fraction of sp³-hybridized carbons (Fsp3) is 0.312. The summed E-state index contributed by atoms with van der Waals surface area (Å²) in [5.74, 6) is -1.51. The number of hydrogen-bond donors (Lipinski definition) is 2. The third kappa shape index (κ3) is 5.98. The quantitative estimate of drug-likeness (QED) is 0.317. The Balaban J connectivity index is 1.10. The van der Waals surface area contributed by atoms with E-state index < -0.39 is 23.6 Å². The molecule has 2 amide bonds.